The maximum atomic E-state index is 12.7. The minimum Gasteiger partial charge on any atom is -0.324 e. The highest BCUT2D eigenvalue weighted by molar-refractivity contribution is 7.18. The van der Waals surface area contributed by atoms with E-state index in [1.807, 2.05) is 44.2 Å². The van der Waals surface area contributed by atoms with Crippen LogP contribution in [0.1, 0.15) is 30.3 Å². The van der Waals surface area contributed by atoms with Crippen LogP contribution in [0.4, 0.5) is 5.69 Å². The van der Waals surface area contributed by atoms with Crippen LogP contribution in [0.15, 0.2) is 41.5 Å². The van der Waals surface area contributed by atoms with Crippen molar-refractivity contribution in [2.24, 2.45) is 0 Å². The Morgan fingerprint density at radius 1 is 1.38 bits per heavy atom. The van der Waals surface area contributed by atoms with Gasteiger partial charge in [0.1, 0.15) is 10.9 Å². The van der Waals surface area contributed by atoms with Gasteiger partial charge in [0, 0.05) is 10.6 Å². The van der Waals surface area contributed by atoms with Crippen LogP contribution in [0.25, 0.3) is 10.2 Å². The summed E-state index contributed by atoms with van der Waals surface area (Å²) in [6.07, 6.45) is 2.33. The fourth-order valence-electron chi connectivity index (χ4n) is 2.51. The van der Waals surface area contributed by atoms with E-state index in [2.05, 4.69) is 10.3 Å². The van der Waals surface area contributed by atoms with Gasteiger partial charge in [-0.15, -0.1) is 11.3 Å². The second-order valence-electron chi connectivity index (χ2n) is 5.72. The van der Waals surface area contributed by atoms with E-state index in [1.165, 1.54) is 22.2 Å². The Labute approximate surface area is 144 Å². The van der Waals surface area contributed by atoms with Crippen LogP contribution < -0.4 is 10.9 Å². The SMILES string of the molecule is CCc1cc2c(=O)n(C(C)C(=O)Nc3ccccc3C)cnc2s1. The number of nitrogens with one attached hydrogen (secondary N) is 1. The zero-order valence-electron chi connectivity index (χ0n) is 13.9. The normalized spacial score (nSPS) is 12.3. The Balaban J connectivity index is 1.92. The predicted molar refractivity (Wildman–Crippen MR) is 97.8 cm³/mol. The first kappa shape index (κ1) is 16.4. The summed E-state index contributed by atoms with van der Waals surface area (Å²) in [6, 6.07) is 8.79. The molecule has 0 bridgehead atoms. The molecule has 0 spiro atoms. The number of rotatable bonds is 4. The van der Waals surface area contributed by atoms with E-state index >= 15 is 0 Å². The number of aromatic nitrogens is 2. The predicted octanol–water partition coefficient (Wildman–Crippen LogP) is 3.53. The Morgan fingerprint density at radius 2 is 2.12 bits per heavy atom. The number of thiophene rings is 1. The molecule has 24 heavy (non-hydrogen) atoms. The first-order valence-electron chi connectivity index (χ1n) is 7.87. The lowest BCUT2D eigenvalue weighted by atomic mass is 10.2. The average molecular weight is 341 g/mol. The Hall–Kier alpha value is -2.47. The highest BCUT2D eigenvalue weighted by Crippen LogP contribution is 2.22. The van der Waals surface area contributed by atoms with Gasteiger partial charge in [0.15, 0.2) is 0 Å². The maximum absolute atomic E-state index is 12.7. The molecule has 5 nitrogen and oxygen atoms in total. The van der Waals surface area contributed by atoms with Crippen LogP contribution in [-0.4, -0.2) is 15.5 Å². The molecule has 1 amide bonds. The molecule has 1 atom stereocenters. The third-order valence-electron chi connectivity index (χ3n) is 4.08. The molecule has 0 radical (unpaired) electrons. The number of hydrogen-bond donors (Lipinski definition) is 1. The molecule has 0 aliphatic rings. The minimum absolute atomic E-state index is 0.177. The van der Waals surface area contributed by atoms with Crippen molar-refractivity contribution in [3.63, 3.8) is 0 Å². The molecule has 0 aliphatic carbocycles. The first-order chi connectivity index (χ1) is 11.5. The van der Waals surface area contributed by atoms with Crippen molar-refractivity contribution in [3.8, 4) is 0 Å². The van der Waals surface area contributed by atoms with Crippen molar-refractivity contribution >= 4 is 33.1 Å². The second-order valence-corrected chi connectivity index (χ2v) is 6.84. The average Bonchev–Trinajstić information content (AvgIpc) is 3.01. The maximum Gasteiger partial charge on any atom is 0.262 e. The molecule has 0 saturated heterocycles. The van der Waals surface area contributed by atoms with Crippen LogP contribution in [0.3, 0.4) is 0 Å². The van der Waals surface area contributed by atoms with Crippen molar-refractivity contribution in [1.29, 1.82) is 0 Å². The smallest absolute Gasteiger partial charge is 0.262 e. The summed E-state index contributed by atoms with van der Waals surface area (Å²) in [4.78, 5) is 31.4. The number of fused-ring (bicyclic) bond motifs is 1. The summed E-state index contributed by atoms with van der Waals surface area (Å²) in [5.41, 5.74) is 1.55. The van der Waals surface area contributed by atoms with Gasteiger partial charge in [-0.2, -0.15) is 0 Å². The third-order valence-corrected chi connectivity index (χ3v) is 5.26. The van der Waals surface area contributed by atoms with Crippen molar-refractivity contribution in [2.45, 2.75) is 33.2 Å². The number of anilines is 1. The summed E-state index contributed by atoms with van der Waals surface area (Å²) >= 11 is 1.52. The van der Waals surface area contributed by atoms with E-state index in [1.54, 1.807) is 6.92 Å². The van der Waals surface area contributed by atoms with E-state index in [0.29, 0.717) is 5.39 Å². The second kappa shape index (κ2) is 6.57. The molecule has 0 fully saturated rings. The number of hydrogen-bond acceptors (Lipinski definition) is 4. The van der Waals surface area contributed by atoms with E-state index in [0.717, 1.165) is 27.4 Å². The van der Waals surface area contributed by atoms with Crippen LogP contribution in [0.5, 0.6) is 0 Å². The quantitative estimate of drug-likeness (QED) is 0.789. The molecule has 0 saturated carbocycles. The lowest BCUT2D eigenvalue weighted by Crippen LogP contribution is -2.31. The van der Waals surface area contributed by atoms with Crippen molar-refractivity contribution in [1.82, 2.24) is 9.55 Å². The van der Waals surface area contributed by atoms with E-state index in [4.69, 9.17) is 0 Å². The molecule has 3 aromatic rings. The van der Waals surface area contributed by atoms with Gasteiger partial charge in [-0.1, -0.05) is 25.1 Å². The highest BCUT2D eigenvalue weighted by Gasteiger charge is 2.19. The van der Waals surface area contributed by atoms with Crippen molar-refractivity contribution in [3.05, 3.63) is 57.5 Å². The van der Waals surface area contributed by atoms with Gasteiger partial charge >= 0.3 is 0 Å². The summed E-state index contributed by atoms with van der Waals surface area (Å²) < 4.78 is 1.39. The van der Waals surface area contributed by atoms with Gasteiger partial charge in [0.25, 0.3) is 5.56 Å². The molecule has 1 unspecified atom stereocenters. The number of carbonyl (C=O) groups excluding carboxylic acids is 1. The molecule has 2 aromatic heterocycles. The molecule has 1 aromatic carbocycles. The van der Waals surface area contributed by atoms with E-state index in [-0.39, 0.29) is 11.5 Å². The summed E-state index contributed by atoms with van der Waals surface area (Å²) in [6.45, 7) is 5.68. The van der Waals surface area contributed by atoms with Gasteiger partial charge in [-0.05, 0) is 38.0 Å². The minimum atomic E-state index is -0.640. The Morgan fingerprint density at radius 3 is 2.83 bits per heavy atom. The Bertz CT molecular complexity index is 958. The molecule has 0 aliphatic heterocycles. The van der Waals surface area contributed by atoms with Crippen LogP contribution in [-0.2, 0) is 11.2 Å². The topological polar surface area (TPSA) is 64.0 Å². The molecular weight excluding hydrogens is 322 g/mol. The number of carbonyl (C=O) groups is 1. The van der Waals surface area contributed by atoms with Gasteiger partial charge in [-0.25, -0.2) is 4.98 Å². The van der Waals surface area contributed by atoms with Crippen molar-refractivity contribution < 1.29 is 4.79 Å². The summed E-state index contributed by atoms with van der Waals surface area (Å²) in [5, 5.41) is 3.45. The molecular formula is C18H19N3O2S. The number of benzene rings is 1. The van der Waals surface area contributed by atoms with Crippen molar-refractivity contribution in [2.75, 3.05) is 5.32 Å². The summed E-state index contributed by atoms with van der Waals surface area (Å²) in [7, 11) is 0. The number of amides is 1. The molecule has 6 heteroatoms. The zero-order valence-corrected chi connectivity index (χ0v) is 14.7. The van der Waals surface area contributed by atoms with Crippen LogP contribution in [0.2, 0.25) is 0 Å². The highest BCUT2D eigenvalue weighted by atomic mass is 32.1. The van der Waals surface area contributed by atoms with E-state index in [9.17, 15) is 9.59 Å². The lowest BCUT2D eigenvalue weighted by Gasteiger charge is -2.15. The molecule has 1 N–H and O–H groups in total. The largest absolute Gasteiger partial charge is 0.324 e. The van der Waals surface area contributed by atoms with Gasteiger partial charge in [0.2, 0.25) is 5.91 Å². The molecule has 2 heterocycles. The molecule has 124 valence electrons. The van der Waals surface area contributed by atoms with Gasteiger partial charge < -0.3 is 5.32 Å². The van der Waals surface area contributed by atoms with Gasteiger partial charge in [0.05, 0.1) is 11.7 Å². The van der Waals surface area contributed by atoms with Crippen LogP contribution in [0, 0.1) is 6.92 Å². The number of nitrogens with zero attached hydrogens (tertiary/aromatic N) is 2. The Kier molecular flexibility index (Phi) is 4.49. The fourth-order valence-corrected chi connectivity index (χ4v) is 3.44. The third kappa shape index (κ3) is 2.97. The molecule has 3 rings (SSSR count). The first-order valence-corrected chi connectivity index (χ1v) is 8.69. The lowest BCUT2D eigenvalue weighted by molar-refractivity contribution is -0.118. The number of para-hydroxylation sites is 1. The summed E-state index contributed by atoms with van der Waals surface area (Å²) in [5.74, 6) is -0.238. The standard InChI is InChI=1S/C18H19N3O2S/c1-4-13-9-14-17(24-13)19-10-21(18(14)23)12(3)16(22)20-15-8-6-5-7-11(15)2/h5-10,12H,4H2,1-3H3,(H,20,22). The fraction of sp³-hybridized carbons (Fsp3) is 0.278. The van der Waals surface area contributed by atoms with Gasteiger partial charge in [-0.3, -0.25) is 14.2 Å². The monoisotopic (exact) mass is 341 g/mol. The van der Waals surface area contributed by atoms with E-state index < -0.39 is 6.04 Å². The zero-order chi connectivity index (χ0) is 17.3. The number of aryl methyl sites for hydroxylation is 2. The van der Waals surface area contributed by atoms with Crippen LogP contribution >= 0.6 is 11.3 Å².